The molecular formula is C12H13BrFN3O2S. The zero-order valence-electron chi connectivity index (χ0n) is 10.7. The molecule has 0 amide bonds. The first kappa shape index (κ1) is 15.3. The lowest BCUT2D eigenvalue weighted by atomic mass is 10.3. The van der Waals surface area contributed by atoms with Crippen LogP contribution in [0.5, 0.6) is 10.9 Å². The van der Waals surface area contributed by atoms with E-state index in [1.54, 1.807) is 19.2 Å². The zero-order chi connectivity index (χ0) is 14.4. The first-order valence-corrected chi connectivity index (χ1v) is 7.45. The van der Waals surface area contributed by atoms with Gasteiger partial charge in [-0.25, -0.2) is 4.39 Å². The number of nitrogens with zero attached hydrogens (tertiary/aromatic N) is 2. The summed E-state index contributed by atoms with van der Waals surface area (Å²) in [5, 5.41) is 12.2. The molecule has 1 N–H and O–H groups in total. The molecule has 2 rings (SSSR count). The van der Waals surface area contributed by atoms with E-state index in [9.17, 15) is 4.39 Å². The van der Waals surface area contributed by atoms with Gasteiger partial charge in [-0.05, 0) is 28.1 Å². The number of aromatic nitrogens is 2. The zero-order valence-corrected chi connectivity index (χ0v) is 13.1. The van der Waals surface area contributed by atoms with E-state index in [1.165, 1.54) is 17.4 Å². The summed E-state index contributed by atoms with van der Waals surface area (Å²) in [4.78, 5) is 0. The predicted molar refractivity (Wildman–Crippen MR) is 77.7 cm³/mol. The highest BCUT2D eigenvalue weighted by Crippen LogP contribution is 2.27. The molecule has 0 aliphatic rings. The van der Waals surface area contributed by atoms with Gasteiger partial charge in [0.05, 0.1) is 11.1 Å². The lowest BCUT2D eigenvalue weighted by molar-refractivity contribution is 0.199. The summed E-state index contributed by atoms with van der Waals surface area (Å²) in [5.74, 6) is 0.00853. The van der Waals surface area contributed by atoms with Crippen LogP contribution in [0.3, 0.4) is 0 Å². The highest BCUT2D eigenvalue weighted by molar-refractivity contribution is 9.10. The topological polar surface area (TPSA) is 56.3 Å². The fourth-order valence-corrected chi connectivity index (χ4v) is 2.29. The van der Waals surface area contributed by atoms with Crippen LogP contribution < -0.4 is 10.1 Å². The van der Waals surface area contributed by atoms with Crippen molar-refractivity contribution in [1.82, 2.24) is 15.5 Å². The standard InChI is InChI=1S/C12H13BrFN3O2S/c1-18-5-4-15-7-11-16-17-12(20-11)19-8-2-3-9(13)10(14)6-8/h2-3,6,15H,4-5,7H2,1H3. The molecule has 1 heterocycles. The molecule has 1 aromatic carbocycles. The minimum atomic E-state index is -0.381. The van der Waals surface area contributed by atoms with Gasteiger partial charge in [-0.15, -0.1) is 5.10 Å². The van der Waals surface area contributed by atoms with Crippen molar-refractivity contribution in [3.63, 3.8) is 0 Å². The van der Waals surface area contributed by atoms with Gasteiger partial charge in [0.25, 0.3) is 5.19 Å². The van der Waals surface area contributed by atoms with Crippen LogP contribution >= 0.6 is 27.3 Å². The summed E-state index contributed by atoms with van der Waals surface area (Å²) in [5.41, 5.74) is 0. The smallest absolute Gasteiger partial charge is 0.299 e. The molecule has 0 aliphatic carbocycles. The maximum atomic E-state index is 13.3. The van der Waals surface area contributed by atoms with Gasteiger partial charge in [-0.1, -0.05) is 16.4 Å². The highest BCUT2D eigenvalue weighted by Gasteiger charge is 2.08. The highest BCUT2D eigenvalue weighted by atomic mass is 79.9. The Morgan fingerprint density at radius 3 is 3.00 bits per heavy atom. The van der Waals surface area contributed by atoms with Crippen molar-refractivity contribution in [2.75, 3.05) is 20.3 Å². The Kier molecular flexibility index (Phi) is 5.84. The number of halogens is 2. The van der Waals surface area contributed by atoms with Crippen molar-refractivity contribution in [3.05, 3.63) is 33.5 Å². The normalized spacial score (nSPS) is 10.8. The second-order valence-electron chi connectivity index (χ2n) is 3.81. The molecule has 108 valence electrons. The summed E-state index contributed by atoms with van der Waals surface area (Å²) in [7, 11) is 1.65. The predicted octanol–water partition coefficient (Wildman–Crippen LogP) is 2.97. The van der Waals surface area contributed by atoms with Gasteiger partial charge in [-0.3, -0.25) is 0 Å². The van der Waals surface area contributed by atoms with Crippen LogP contribution in [0.2, 0.25) is 0 Å². The van der Waals surface area contributed by atoms with Crippen LogP contribution in [-0.4, -0.2) is 30.5 Å². The van der Waals surface area contributed by atoms with Gasteiger partial charge >= 0.3 is 0 Å². The third-order valence-electron chi connectivity index (χ3n) is 2.30. The number of nitrogens with one attached hydrogen (secondary N) is 1. The molecule has 20 heavy (non-hydrogen) atoms. The molecule has 0 fully saturated rings. The Bertz CT molecular complexity index is 567. The molecule has 5 nitrogen and oxygen atoms in total. The van der Waals surface area contributed by atoms with E-state index >= 15 is 0 Å². The second kappa shape index (κ2) is 7.63. The van der Waals surface area contributed by atoms with Crippen molar-refractivity contribution in [2.45, 2.75) is 6.54 Å². The molecule has 0 saturated heterocycles. The molecule has 0 spiro atoms. The molecule has 1 aromatic heterocycles. The van der Waals surface area contributed by atoms with Gasteiger partial charge in [0, 0.05) is 26.3 Å². The third kappa shape index (κ3) is 4.48. The second-order valence-corrected chi connectivity index (χ2v) is 5.69. The van der Waals surface area contributed by atoms with Crippen molar-refractivity contribution >= 4 is 27.3 Å². The Hall–Kier alpha value is -1.09. The van der Waals surface area contributed by atoms with Gasteiger partial charge in [0.2, 0.25) is 0 Å². The van der Waals surface area contributed by atoms with E-state index in [0.29, 0.717) is 28.6 Å². The first-order valence-electron chi connectivity index (χ1n) is 5.84. The van der Waals surface area contributed by atoms with Crippen molar-refractivity contribution < 1.29 is 13.9 Å². The van der Waals surface area contributed by atoms with E-state index in [-0.39, 0.29) is 5.82 Å². The van der Waals surface area contributed by atoms with Crippen LogP contribution in [-0.2, 0) is 11.3 Å². The van der Waals surface area contributed by atoms with Crippen molar-refractivity contribution in [2.24, 2.45) is 0 Å². The van der Waals surface area contributed by atoms with E-state index in [4.69, 9.17) is 9.47 Å². The summed E-state index contributed by atoms with van der Waals surface area (Å²) in [6, 6.07) is 4.53. The lowest BCUT2D eigenvalue weighted by Crippen LogP contribution is -2.18. The molecule has 0 aliphatic heterocycles. The summed E-state index contributed by atoms with van der Waals surface area (Å²) < 4.78 is 24.1. The van der Waals surface area contributed by atoms with E-state index in [1.807, 2.05) is 0 Å². The minimum Gasteiger partial charge on any atom is -0.430 e. The molecule has 0 atom stereocenters. The van der Waals surface area contributed by atoms with Gasteiger partial charge < -0.3 is 14.8 Å². The largest absolute Gasteiger partial charge is 0.430 e. The molecule has 0 unspecified atom stereocenters. The Morgan fingerprint density at radius 2 is 2.25 bits per heavy atom. The lowest BCUT2D eigenvalue weighted by Gasteiger charge is -2.01. The van der Waals surface area contributed by atoms with Crippen LogP contribution in [0.4, 0.5) is 4.39 Å². The number of hydrogen-bond donors (Lipinski definition) is 1. The summed E-state index contributed by atoms with van der Waals surface area (Å²) in [6.45, 7) is 1.98. The molecule has 0 radical (unpaired) electrons. The molecule has 0 bridgehead atoms. The van der Waals surface area contributed by atoms with Crippen LogP contribution in [0.15, 0.2) is 22.7 Å². The van der Waals surface area contributed by atoms with Crippen molar-refractivity contribution in [3.8, 4) is 10.9 Å². The van der Waals surface area contributed by atoms with E-state index in [2.05, 4.69) is 31.4 Å². The maximum Gasteiger partial charge on any atom is 0.299 e. The number of rotatable bonds is 7. The quantitative estimate of drug-likeness (QED) is 0.768. The molecule has 8 heteroatoms. The fraction of sp³-hybridized carbons (Fsp3) is 0.333. The Balaban J connectivity index is 1.90. The van der Waals surface area contributed by atoms with Crippen molar-refractivity contribution in [1.29, 1.82) is 0 Å². The minimum absolute atomic E-state index is 0.381. The first-order chi connectivity index (χ1) is 9.69. The Labute approximate surface area is 128 Å². The number of benzene rings is 1. The SMILES string of the molecule is COCCNCc1nnc(Oc2ccc(Br)c(F)c2)s1. The van der Waals surface area contributed by atoms with Crippen LogP contribution in [0.1, 0.15) is 5.01 Å². The summed E-state index contributed by atoms with van der Waals surface area (Å²) in [6.07, 6.45) is 0. The average molecular weight is 362 g/mol. The van der Waals surface area contributed by atoms with E-state index in [0.717, 1.165) is 11.6 Å². The Morgan fingerprint density at radius 1 is 1.40 bits per heavy atom. The molecule has 2 aromatic rings. The monoisotopic (exact) mass is 361 g/mol. The number of hydrogen-bond acceptors (Lipinski definition) is 6. The molecule has 0 saturated carbocycles. The van der Waals surface area contributed by atoms with Gasteiger partial charge in [-0.2, -0.15) is 0 Å². The number of ether oxygens (including phenoxy) is 2. The molecular weight excluding hydrogens is 349 g/mol. The fourth-order valence-electron chi connectivity index (χ4n) is 1.36. The summed E-state index contributed by atoms with van der Waals surface area (Å²) >= 11 is 4.40. The average Bonchev–Trinajstić information content (AvgIpc) is 2.87. The van der Waals surface area contributed by atoms with Crippen LogP contribution in [0.25, 0.3) is 0 Å². The van der Waals surface area contributed by atoms with Gasteiger partial charge in [0.1, 0.15) is 16.6 Å². The van der Waals surface area contributed by atoms with Crippen LogP contribution in [0, 0.1) is 5.82 Å². The maximum absolute atomic E-state index is 13.3. The van der Waals surface area contributed by atoms with Gasteiger partial charge in [0.15, 0.2) is 0 Å². The van der Waals surface area contributed by atoms with E-state index < -0.39 is 0 Å². The third-order valence-corrected chi connectivity index (χ3v) is 3.75. The number of methoxy groups -OCH3 is 1.